The molecule has 0 amide bonds. The minimum Gasteiger partial charge on any atom is -0.396 e. The molecule has 0 spiro atoms. The Morgan fingerprint density at radius 2 is 2.38 bits per heavy atom. The molecule has 0 saturated carbocycles. The van der Waals surface area contributed by atoms with Crippen LogP contribution in [-0.4, -0.2) is 38.0 Å². The summed E-state index contributed by atoms with van der Waals surface area (Å²) in [5, 5.41) is 22.8. The molecule has 1 rings (SSSR count). The smallest absolute Gasteiger partial charge is 0.242 e. The lowest BCUT2D eigenvalue weighted by Gasteiger charge is -2.11. The highest BCUT2D eigenvalue weighted by Crippen LogP contribution is 2.03. The predicted octanol–water partition coefficient (Wildman–Crippen LogP) is -0.217. The Balaban J connectivity index is 2.36. The number of nitrogens with one attached hydrogen (secondary N) is 1. The number of hydrogen-bond donors (Lipinski definition) is 2. The molecule has 6 heteroatoms. The first-order valence-corrected chi connectivity index (χ1v) is 4.33. The molecule has 0 aliphatic rings. The summed E-state index contributed by atoms with van der Waals surface area (Å²) in [4.78, 5) is 0. The molecule has 0 saturated heterocycles. The van der Waals surface area contributed by atoms with Crippen molar-refractivity contribution >= 4 is 5.95 Å². The van der Waals surface area contributed by atoms with Crippen LogP contribution in [0, 0.1) is 0 Å². The molecular formula is C7H15N5O. The average Bonchev–Trinajstić information content (AvgIpc) is 2.48. The summed E-state index contributed by atoms with van der Waals surface area (Å²) in [6.07, 6.45) is 1.70. The molecule has 2 N–H and O–H groups in total. The van der Waals surface area contributed by atoms with Gasteiger partial charge in [-0.1, -0.05) is 5.10 Å². The van der Waals surface area contributed by atoms with Crippen LogP contribution < -0.4 is 5.32 Å². The van der Waals surface area contributed by atoms with Crippen molar-refractivity contribution in [2.45, 2.75) is 25.8 Å². The summed E-state index contributed by atoms with van der Waals surface area (Å²) >= 11 is 0. The van der Waals surface area contributed by atoms with Crippen LogP contribution in [0.2, 0.25) is 0 Å². The fourth-order valence-electron chi connectivity index (χ4n) is 1.04. The summed E-state index contributed by atoms with van der Waals surface area (Å²) in [6, 6.07) is 0.275. The van der Waals surface area contributed by atoms with Crippen molar-refractivity contribution in [1.29, 1.82) is 0 Å². The Morgan fingerprint density at radius 1 is 1.62 bits per heavy atom. The van der Waals surface area contributed by atoms with Crippen molar-refractivity contribution in [2.75, 3.05) is 11.9 Å². The van der Waals surface area contributed by atoms with E-state index in [0.29, 0.717) is 5.95 Å². The van der Waals surface area contributed by atoms with Gasteiger partial charge in [0.25, 0.3) is 0 Å². The Kier molecular flexibility index (Phi) is 3.63. The molecule has 0 radical (unpaired) electrons. The summed E-state index contributed by atoms with van der Waals surface area (Å²) in [5.74, 6) is 0.658. The van der Waals surface area contributed by atoms with Gasteiger partial charge >= 0.3 is 0 Å². The number of nitrogens with zero attached hydrogens (tertiary/aromatic N) is 4. The standard InChI is InChI=1S/C7H15N5O/c1-6(4-3-5-13)8-7-9-10-11-12(7)2/h6,13H,3-5H2,1-2H3,(H,8,9,11). The molecule has 0 bridgehead atoms. The van der Waals surface area contributed by atoms with Crippen LogP contribution in [0.15, 0.2) is 0 Å². The quantitative estimate of drug-likeness (QED) is 0.663. The molecule has 0 aliphatic carbocycles. The normalized spacial score (nSPS) is 12.8. The Bertz CT molecular complexity index is 249. The van der Waals surface area contributed by atoms with Gasteiger partial charge in [0.1, 0.15) is 0 Å². The van der Waals surface area contributed by atoms with E-state index >= 15 is 0 Å². The lowest BCUT2D eigenvalue weighted by atomic mass is 10.2. The van der Waals surface area contributed by atoms with Gasteiger partial charge in [-0.25, -0.2) is 4.68 Å². The van der Waals surface area contributed by atoms with Gasteiger partial charge < -0.3 is 10.4 Å². The van der Waals surface area contributed by atoms with E-state index in [-0.39, 0.29) is 12.6 Å². The largest absolute Gasteiger partial charge is 0.396 e. The van der Waals surface area contributed by atoms with E-state index in [9.17, 15) is 0 Å². The molecule has 0 fully saturated rings. The van der Waals surface area contributed by atoms with Gasteiger partial charge in [0.05, 0.1) is 0 Å². The minimum absolute atomic E-state index is 0.225. The molecule has 1 heterocycles. The average molecular weight is 185 g/mol. The number of aromatic nitrogens is 4. The minimum atomic E-state index is 0.225. The predicted molar refractivity (Wildman–Crippen MR) is 48.2 cm³/mol. The lowest BCUT2D eigenvalue weighted by Crippen LogP contribution is -2.18. The highest BCUT2D eigenvalue weighted by atomic mass is 16.2. The van der Waals surface area contributed by atoms with Gasteiger partial charge in [0.15, 0.2) is 0 Å². The molecule has 1 unspecified atom stereocenters. The van der Waals surface area contributed by atoms with Gasteiger partial charge in [0.2, 0.25) is 5.95 Å². The van der Waals surface area contributed by atoms with Crippen molar-refractivity contribution in [3.63, 3.8) is 0 Å². The lowest BCUT2D eigenvalue weighted by molar-refractivity contribution is 0.282. The van der Waals surface area contributed by atoms with Crippen LogP contribution in [-0.2, 0) is 7.05 Å². The summed E-state index contributed by atoms with van der Waals surface area (Å²) in [7, 11) is 1.78. The van der Waals surface area contributed by atoms with E-state index in [1.54, 1.807) is 11.7 Å². The van der Waals surface area contributed by atoms with Crippen LogP contribution in [0.5, 0.6) is 0 Å². The van der Waals surface area contributed by atoms with Crippen molar-refractivity contribution in [1.82, 2.24) is 20.2 Å². The summed E-state index contributed by atoms with van der Waals surface area (Å²) < 4.78 is 1.58. The van der Waals surface area contributed by atoms with E-state index in [0.717, 1.165) is 12.8 Å². The number of aryl methyl sites for hydroxylation is 1. The molecule has 1 aromatic heterocycles. The van der Waals surface area contributed by atoms with Crippen LogP contribution in [0.1, 0.15) is 19.8 Å². The topological polar surface area (TPSA) is 75.9 Å². The molecule has 0 aromatic carbocycles. The third-order valence-electron chi connectivity index (χ3n) is 1.79. The molecule has 74 valence electrons. The molecule has 1 aromatic rings. The van der Waals surface area contributed by atoms with Crippen molar-refractivity contribution in [3.8, 4) is 0 Å². The van der Waals surface area contributed by atoms with Crippen LogP contribution in [0.4, 0.5) is 5.95 Å². The first-order valence-electron chi connectivity index (χ1n) is 4.33. The number of aliphatic hydroxyl groups is 1. The van der Waals surface area contributed by atoms with Crippen LogP contribution in [0.3, 0.4) is 0 Å². The van der Waals surface area contributed by atoms with Gasteiger partial charge in [-0.2, -0.15) is 0 Å². The van der Waals surface area contributed by atoms with E-state index < -0.39 is 0 Å². The fourth-order valence-corrected chi connectivity index (χ4v) is 1.04. The SMILES string of the molecule is CC(CCCO)Nc1nnnn1C. The second-order valence-electron chi connectivity index (χ2n) is 3.04. The Morgan fingerprint density at radius 3 is 2.92 bits per heavy atom. The van der Waals surface area contributed by atoms with Gasteiger partial charge in [-0.3, -0.25) is 0 Å². The monoisotopic (exact) mass is 185 g/mol. The second-order valence-corrected chi connectivity index (χ2v) is 3.04. The number of tetrazole rings is 1. The summed E-state index contributed by atoms with van der Waals surface area (Å²) in [6.45, 7) is 2.26. The molecule has 1 atom stereocenters. The van der Waals surface area contributed by atoms with Crippen molar-refractivity contribution < 1.29 is 5.11 Å². The fraction of sp³-hybridized carbons (Fsp3) is 0.857. The van der Waals surface area contributed by atoms with E-state index in [1.807, 2.05) is 6.92 Å². The van der Waals surface area contributed by atoms with Gasteiger partial charge in [-0.15, -0.1) is 0 Å². The molecule has 0 aliphatic heterocycles. The van der Waals surface area contributed by atoms with Crippen molar-refractivity contribution in [3.05, 3.63) is 0 Å². The highest BCUT2D eigenvalue weighted by molar-refractivity contribution is 5.22. The Hall–Kier alpha value is -1.17. The molecule has 6 nitrogen and oxygen atoms in total. The maximum absolute atomic E-state index is 8.62. The maximum atomic E-state index is 8.62. The first kappa shape index (κ1) is 9.91. The van der Waals surface area contributed by atoms with E-state index in [1.165, 1.54) is 0 Å². The first-order chi connectivity index (χ1) is 6.24. The highest BCUT2D eigenvalue weighted by Gasteiger charge is 2.05. The third-order valence-corrected chi connectivity index (χ3v) is 1.79. The zero-order valence-electron chi connectivity index (χ0n) is 7.93. The van der Waals surface area contributed by atoms with Crippen LogP contribution >= 0.6 is 0 Å². The number of anilines is 1. The zero-order valence-corrected chi connectivity index (χ0v) is 7.93. The number of hydrogen-bond acceptors (Lipinski definition) is 5. The number of rotatable bonds is 5. The summed E-state index contributed by atoms with van der Waals surface area (Å²) in [5.41, 5.74) is 0. The molecule has 13 heavy (non-hydrogen) atoms. The zero-order chi connectivity index (χ0) is 9.68. The second kappa shape index (κ2) is 4.76. The van der Waals surface area contributed by atoms with E-state index in [4.69, 9.17) is 5.11 Å². The van der Waals surface area contributed by atoms with E-state index in [2.05, 4.69) is 20.8 Å². The van der Waals surface area contributed by atoms with Crippen molar-refractivity contribution in [2.24, 2.45) is 7.05 Å². The maximum Gasteiger partial charge on any atom is 0.242 e. The molecular weight excluding hydrogens is 170 g/mol. The van der Waals surface area contributed by atoms with Gasteiger partial charge in [-0.05, 0) is 30.2 Å². The van der Waals surface area contributed by atoms with Gasteiger partial charge in [0, 0.05) is 19.7 Å². The van der Waals surface area contributed by atoms with Crippen LogP contribution in [0.25, 0.3) is 0 Å². The Labute approximate surface area is 76.9 Å². The third kappa shape index (κ3) is 2.98. The number of aliphatic hydroxyl groups excluding tert-OH is 1.